The molecule has 0 aromatic carbocycles. The number of phosphoric acid groups is 2. The normalized spacial score (nSPS) is 11.5. The molecule has 1 N–H and O–H groups in total. The molecule has 0 spiro atoms. The molecule has 11 heteroatoms. The van der Waals surface area contributed by atoms with E-state index in [1.165, 1.54) is 0 Å². The van der Waals surface area contributed by atoms with Crippen LogP contribution in [0.3, 0.4) is 0 Å². The molecule has 0 saturated carbocycles. The van der Waals surface area contributed by atoms with Gasteiger partial charge in [-0.3, -0.25) is 27.1 Å². The van der Waals surface area contributed by atoms with E-state index < -0.39 is 15.6 Å². The largest absolute Gasteiger partial charge is 0.474 e. The monoisotopic (exact) mass is 578 g/mol. The van der Waals surface area contributed by atoms with E-state index in [1.54, 1.807) is 6.92 Å². The Bertz CT molecular complexity index is 412. The Morgan fingerprint density at radius 3 is 0.649 bits per heavy atom. The van der Waals surface area contributed by atoms with Gasteiger partial charge in [0.1, 0.15) is 0 Å². The van der Waals surface area contributed by atoms with Gasteiger partial charge >= 0.3 is 15.6 Å². The van der Waals surface area contributed by atoms with Crippen molar-refractivity contribution in [2.24, 2.45) is 0 Å². The summed E-state index contributed by atoms with van der Waals surface area (Å²) in [6.45, 7) is 16.9. The number of rotatable bonds is 24. The molecule has 0 aromatic heterocycles. The van der Waals surface area contributed by atoms with Crippen LogP contribution in [0.5, 0.6) is 0 Å². The van der Waals surface area contributed by atoms with Crippen LogP contribution in [0.4, 0.5) is 0 Å². The van der Waals surface area contributed by atoms with E-state index >= 15 is 0 Å². The predicted octanol–water partition coefficient (Wildman–Crippen LogP) is 9.09. The third-order valence-corrected chi connectivity index (χ3v) is 7.48. The third-order valence-electron chi connectivity index (χ3n) is 4.48. The summed E-state index contributed by atoms with van der Waals surface area (Å²) in [7, 11) is -6.62. The zero-order chi connectivity index (χ0) is 28.7. The van der Waals surface area contributed by atoms with Crippen molar-refractivity contribution in [3.05, 3.63) is 0 Å². The number of hydrogen-bond donors (Lipinski definition) is 1. The SMILES string of the molecule is CCCCOP(=O)(OCCCC)OCCCC.CCCCOP(=O)(OCCCC)OCCCC.CCO. The molecule has 0 fully saturated rings. The van der Waals surface area contributed by atoms with Crippen molar-refractivity contribution in [3.63, 3.8) is 0 Å². The second kappa shape index (κ2) is 32.4. The molecule has 0 aliphatic carbocycles. The van der Waals surface area contributed by atoms with Gasteiger partial charge in [0.2, 0.25) is 0 Å². The van der Waals surface area contributed by atoms with Crippen LogP contribution in [-0.4, -0.2) is 51.4 Å². The Kier molecular flexibility index (Phi) is 36.5. The number of aliphatic hydroxyl groups excluding tert-OH is 1. The van der Waals surface area contributed by atoms with Crippen LogP contribution in [0, 0.1) is 0 Å². The Morgan fingerprint density at radius 2 is 0.541 bits per heavy atom. The van der Waals surface area contributed by atoms with Gasteiger partial charge in [0.15, 0.2) is 0 Å². The van der Waals surface area contributed by atoms with Crippen molar-refractivity contribution in [2.75, 3.05) is 46.2 Å². The molecule has 0 amide bonds. The van der Waals surface area contributed by atoms with E-state index in [0.717, 1.165) is 77.0 Å². The van der Waals surface area contributed by atoms with Crippen LogP contribution in [0.15, 0.2) is 0 Å². The van der Waals surface area contributed by atoms with Gasteiger partial charge in [-0.25, -0.2) is 9.13 Å². The van der Waals surface area contributed by atoms with E-state index in [4.69, 9.17) is 32.2 Å². The first kappa shape index (κ1) is 41.7. The predicted molar refractivity (Wildman–Crippen MR) is 153 cm³/mol. The maximum absolute atomic E-state index is 12.2. The highest BCUT2D eigenvalue weighted by molar-refractivity contribution is 7.48. The van der Waals surface area contributed by atoms with E-state index in [1.807, 2.05) is 0 Å². The van der Waals surface area contributed by atoms with E-state index in [2.05, 4.69) is 41.5 Å². The molecule has 0 aliphatic heterocycles. The first-order valence-corrected chi connectivity index (χ1v) is 17.4. The topological polar surface area (TPSA) is 110 Å². The smallest absolute Gasteiger partial charge is 0.397 e. The van der Waals surface area contributed by atoms with Crippen molar-refractivity contribution in [2.45, 2.75) is 126 Å². The Labute approximate surface area is 228 Å². The standard InChI is InChI=1S/2C12H27O4P.C2H6O/c2*1-4-7-10-14-17(13,15-11-8-5-2)16-12-9-6-3;1-2-3/h2*4-12H2,1-3H3;3H,2H2,1H3. The van der Waals surface area contributed by atoms with E-state index in [0.29, 0.717) is 39.6 Å². The van der Waals surface area contributed by atoms with Gasteiger partial charge in [-0.1, -0.05) is 80.1 Å². The van der Waals surface area contributed by atoms with E-state index in [-0.39, 0.29) is 6.61 Å². The molecule has 9 nitrogen and oxygen atoms in total. The zero-order valence-electron chi connectivity index (χ0n) is 25.0. The second-order valence-electron chi connectivity index (χ2n) is 8.33. The van der Waals surface area contributed by atoms with Crippen molar-refractivity contribution in [1.82, 2.24) is 0 Å². The van der Waals surface area contributed by atoms with Crippen molar-refractivity contribution >= 4 is 15.6 Å². The van der Waals surface area contributed by atoms with Gasteiger partial charge < -0.3 is 5.11 Å². The molecule has 37 heavy (non-hydrogen) atoms. The molecule has 0 radical (unpaired) electrons. The van der Waals surface area contributed by atoms with Crippen LogP contribution in [-0.2, 0) is 36.3 Å². The molecule has 0 saturated heterocycles. The quantitative estimate of drug-likeness (QED) is 0.0885. The minimum atomic E-state index is -3.31. The molecule has 0 bridgehead atoms. The summed E-state index contributed by atoms with van der Waals surface area (Å²) < 4.78 is 56.0. The lowest BCUT2D eigenvalue weighted by molar-refractivity contribution is 0.109. The van der Waals surface area contributed by atoms with Gasteiger partial charge in [-0.05, 0) is 45.4 Å². The minimum absolute atomic E-state index is 0.250. The lowest BCUT2D eigenvalue weighted by Gasteiger charge is -2.17. The maximum Gasteiger partial charge on any atom is 0.474 e. The van der Waals surface area contributed by atoms with Crippen molar-refractivity contribution in [1.29, 1.82) is 0 Å². The Balaban J connectivity index is -0.000000564. The fraction of sp³-hybridized carbons (Fsp3) is 1.00. The zero-order valence-corrected chi connectivity index (χ0v) is 26.8. The summed E-state index contributed by atoms with van der Waals surface area (Å²) in [4.78, 5) is 0. The first-order valence-electron chi connectivity index (χ1n) is 14.5. The summed E-state index contributed by atoms with van der Waals surface area (Å²) in [6.07, 6.45) is 11.3. The Morgan fingerprint density at radius 1 is 0.405 bits per heavy atom. The average Bonchev–Trinajstić information content (AvgIpc) is 2.86. The third kappa shape index (κ3) is 32.3. The fourth-order valence-corrected chi connectivity index (χ4v) is 4.71. The average molecular weight is 579 g/mol. The van der Waals surface area contributed by atoms with Gasteiger partial charge in [0, 0.05) is 6.61 Å². The van der Waals surface area contributed by atoms with Crippen LogP contribution in [0.25, 0.3) is 0 Å². The molecular formula is C26H60O9P2. The lowest BCUT2D eigenvalue weighted by atomic mass is 10.4. The van der Waals surface area contributed by atoms with Gasteiger partial charge in [-0.2, -0.15) is 0 Å². The fourth-order valence-electron chi connectivity index (χ4n) is 2.15. The number of unbranched alkanes of at least 4 members (excludes halogenated alkanes) is 6. The summed E-state index contributed by atoms with van der Waals surface area (Å²) in [5, 5.41) is 7.57. The first-order chi connectivity index (χ1) is 17.8. The highest BCUT2D eigenvalue weighted by Crippen LogP contribution is 2.50. The highest BCUT2D eigenvalue weighted by atomic mass is 31.2. The van der Waals surface area contributed by atoms with Gasteiger partial charge in [0.25, 0.3) is 0 Å². The van der Waals surface area contributed by atoms with Gasteiger partial charge in [-0.15, -0.1) is 0 Å². The lowest BCUT2D eigenvalue weighted by Crippen LogP contribution is -2.03. The molecule has 228 valence electrons. The second-order valence-corrected chi connectivity index (χ2v) is 11.7. The molecule has 0 aliphatic rings. The molecule has 0 unspecified atom stereocenters. The summed E-state index contributed by atoms with van der Waals surface area (Å²) in [5.74, 6) is 0. The van der Waals surface area contributed by atoms with E-state index in [9.17, 15) is 9.13 Å². The van der Waals surface area contributed by atoms with Crippen LogP contribution in [0.1, 0.15) is 126 Å². The van der Waals surface area contributed by atoms with Crippen LogP contribution in [0.2, 0.25) is 0 Å². The molecular weight excluding hydrogens is 518 g/mol. The highest BCUT2D eigenvalue weighted by Gasteiger charge is 2.26. The number of hydrogen-bond acceptors (Lipinski definition) is 9. The Hall–Kier alpha value is 0.180. The summed E-state index contributed by atoms with van der Waals surface area (Å²) >= 11 is 0. The van der Waals surface area contributed by atoms with Crippen molar-refractivity contribution < 1.29 is 41.4 Å². The number of phosphoric ester groups is 2. The summed E-state index contributed by atoms with van der Waals surface area (Å²) in [5.41, 5.74) is 0. The summed E-state index contributed by atoms with van der Waals surface area (Å²) in [6, 6.07) is 0. The molecule has 0 heterocycles. The molecule has 0 aromatic rings. The van der Waals surface area contributed by atoms with Crippen LogP contribution >= 0.6 is 15.6 Å². The minimum Gasteiger partial charge on any atom is -0.397 e. The maximum atomic E-state index is 12.2. The van der Waals surface area contributed by atoms with Crippen LogP contribution < -0.4 is 0 Å². The van der Waals surface area contributed by atoms with Gasteiger partial charge in [0.05, 0.1) is 39.6 Å². The molecule has 0 rings (SSSR count). The number of aliphatic hydroxyl groups is 1. The molecule has 0 atom stereocenters. The van der Waals surface area contributed by atoms with Crippen molar-refractivity contribution in [3.8, 4) is 0 Å².